The second-order valence-electron chi connectivity index (χ2n) is 13.4. The maximum atomic E-state index is 12.8. The molecule has 0 bridgehead atoms. The smallest absolute Gasteiger partial charge is 0.303 e. The first-order valence-corrected chi connectivity index (χ1v) is 17.9. The number of carboxylic acids is 6. The van der Waals surface area contributed by atoms with Crippen LogP contribution in [0.4, 0.5) is 0 Å². The molecule has 19 nitrogen and oxygen atoms in total. The van der Waals surface area contributed by atoms with E-state index in [0.717, 1.165) is 5.56 Å². The van der Waals surface area contributed by atoms with Crippen molar-refractivity contribution in [2.45, 2.75) is 120 Å². The van der Waals surface area contributed by atoms with Crippen molar-refractivity contribution in [1.82, 2.24) is 21.3 Å². The summed E-state index contributed by atoms with van der Waals surface area (Å²) in [6, 6.07) is 6.67. The second kappa shape index (κ2) is 24.7. The van der Waals surface area contributed by atoms with Crippen LogP contribution < -0.4 is 21.3 Å². The summed E-state index contributed by atoms with van der Waals surface area (Å²) in [5.74, 6) is -8.51. The fourth-order valence-corrected chi connectivity index (χ4v) is 5.90. The summed E-state index contributed by atoms with van der Waals surface area (Å²) in [4.78, 5) is 106. The van der Waals surface area contributed by atoms with Crippen LogP contribution in [0.25, 0.3) is 0 Å². The predicted octanol–water partition coefficient (Wildman–Crippen LogP) is 1.97. The van der Waals surface area contributed by atoms with E-state index in [9.17, 15) is 43.2 Å². The van der Waals surface area contributed by atoms with Gasteiger partial charge in [-0.3, -0.25) is 43.2 Å². The van der Waals surface area contributed by atoms with Gasteiger partial charge in [-0.25, -0.2) is 0 Å². The van der Waals surface area contributed by atoms with Crippen LogP contribution in [-0.4, -0.2) is 108 Å². The largest absolute Gasteiger partial charge is 0.481 e. The van der Waals surface area contributed by atoms with E-state index in [1.54, 1.807) is 24.3 Å². The Morgan fingerprint density at radius 3 is 1.22 bits per heavy atom. The quantitative estimate of drug-likeness (QED) is 0.0482. The zero-order valence-corrected chi connectivity index (χ0v) is 30.6. The maximum Gasteiger partial charge on any atom is 0.303 e. The van der Waals surface area contributed by atoms with Gasteiger partial charge in [0.2, 0.25) is 11.8 Å². The minimum atomic E-state index is -1.35. The number of rotatable bonds is 31. The highest BCUT2D eigenvalue weighted by molar-refractivity contribution is 5.94. The lowest BCUT2D eigenvalue weighted by molar-refractivity contribution is -0.141. The zero-order chi connectivity index (χ0) is 41.4. The first kappa shape index (κ1) is 47.4. The molecule has 55 heavy (non-hydrogen) atoms. The summed E-state index contributed by atoms with van der Waals surface area (Å²) in [7, 11) is 0. The number of carbonyl (C=O) groups excluding carboxylic acids is 3. The number of carbonyl (C=O) groups is 9. The van der Waals surface area contributed by atoms with Gasteiger partial charge in [0.15, 0.2) is 0 Å². The molecule has 10 N–H and O–H groups in total. The molecule has 1 aromatic carbocycles. The highest BCUT2D eigenvalue weighted by Crippen LogP contribution is 2.28. The van der Waals surface area contributed by atoms with Gasteiger partial charge in [0.1, 0.15) is 0 Å². The van der Waals surface area contributed by atoms with Gasteiger partial charge < -0.3 is 51.9 Å². The summed E-state index contributed by atoms with van der Waals surface area (Å²) < 4.78 is 0. The Hall–Kier alpha value is -5.59. The maximum absolute atomic E-state index is 12.8. The van der Waals surface area contributed by atoms with Crippen LogP contribution in [0.15, 0.2) is 24.3 Å². The molecule has 0 radical (unpaired) electrons. The van der Waals surface area contributed by atoms with Crippen molar-refractivity contribution in [3.8, 4) is 0 Å². The van der Waals surface area contributed by atoms with E-state index in [4.69, 9.17) is 30.6 Å². The number of hydrogen-bond donors (Lipinski definition) is 10. The van der Waals surface area contributed by atoms with Crippen molar-refractivity contribution < 1.29 is 73.8 Å². The average molecular weight is 781 g/mol. The molecule has 1 aromatic rings. The Balaban J connectivity index is 2.67. The molecule has 19 heteroatoms. The van der Waals surface area contributed by atoms with Crippen molar-refractivity contribution in [3.05, 3.63) is 35.4 Å². The van der Waals surface area contributed by atoms with Crippen LogP contribution >= 0.6 is 0 Å². The summed E-state index contributed by atoms with van der Waals surface area (Å²) in [6.45, 7) is 0.784. The number of aliphatic carboxylic acids is 6. The Labute approximate surface area is 317 Å². The third-order valence-corrected chi connectivity index (χ3v) is 8.86. The van der Waals surface area contributed by atoms with E-state index in [1.165, 1.54) is 0 Å². The van der Waals surface area contributed by atoms with Crippen molar-refractivity contribution in [1.29, 1.82) is 0 Å². The molecule has 1 rings (SSSR count). The lowest BCUT2D eigenvalue weighted by atomic mass is 9.83. The Morgan fingerprint density at radius 2 is 0.855 bits per heavy atom. The monoisotopic (exact) mass is 780 g/mol. The van der Waals surface area contributed by atoms with Crippen LogP contribution in [-0.2, 0) is 44.9 Å². The lowest BCUT2D eigenvalue weighted by Crippen LogP contribution is -2.49. The highest BCUT2D eigenvalue weighted by Gasteiger charge is 2.34. The van der Waals surface area contributed by atoms with Gasteiger partial charge in [-0.15, -0.1) is 0 Å². The lowest BCUT2D eigenvalue weighted by Gasteiger charge is -2.34. The molecule has 0 atom stereocenters. The molecule has 0 saturated carbocycles. The van der Waals surface area contributed by atoms with Crippen LogP contribution in [0.1, 0.15) is 119 Å². The molecule has 3 amide bonds. The molecule has 0 unspecified atom stereocenters. The van der Waals surface area contributed by atoms with Gasteiger partial charge in [0, 0.05) is 81.1 Å². The second-order valence-corrected chi connectivity index (χ2v) is 13.4. The van der Waals surface area contributed by atoms with Crippen molar-refractivity contribution in [2.24, 2.45) is 0 Å². The summed E-state index contributed by atoms with van der Waals surface area (Å²) in [5, 5.41) is 66.1. The number of carboxylic acid groups (broad SMARTS) is 6. The number of hydrogen-bond acceptors (Lipinski definition) is 10. The molecule has 0 saturated heterocycles. The van der Waals surface area contributed by atoms with E-state index in [-0.39, 0.29) is 83.6 Å². The third kappa shape index (κ3) is 21.6. The molecule has 0 spiro atoms. The standard InChI is InChI=1S/C36H52N4O15/c41-26(39-35(14-8-28(43)44,15-9-29(45)46)16-10-30(47)48)6-2-20-37-23-24-4-1-5-25(22-24)34(55)38-21-3-7-27(42)40-36(17-11-31(49)50,18-12-32(51)52)19-13-33(53)54/h1,4-5,22,37H,2-3,6-21,23H2,(H,38,55)(H,39,41)(H,40,42)(H,43,44)(H,45,46)(H,47,48)(H,49,50)(H,51,52)(H,53,54). The van der Waals surface area contributed by atoms with Gasteiger partial charge in [0.05, 0.1) is 0 Å². The average Bonchev–Trinajstić information content (AvgIpc) is 3.11. The van der Waals surface area contributed by atoms with Gasteiger partial charge in [-0.05, 0) is 75.6 Å². The molecular formula is C36H52N4O15. The summed E-state index contributed by atoms with van der Waals surface area (Å²) in [5.41, 5.74) is -1.58. The Bertz CT molecular complexity index is 1420. The minimum absolute atomic E-state index is 0.00355. The minimum Gasteiger partial charge on any atom is -0.481 e. The Kier molecular flexibility index (Phi) is 21.3. The fourth-order valence-electron chi connectivity index (χ4n) is 5.90. The molecule has 0 aliphatic heterocycles. The van der Waals surface area contributed by atoms with Crippen LogP contribution in [0.2, 0.25) is 0 Å². The van der Waals surface area contributed by atoms with E-state index in [2.05, 4.69) is 21.3 Å². The first-order valence-electron chi connectivity index (χ1n) is 17.9. The molecule has 0 aromatic heterocycles. The van der Waals surface area contributed by atoms with Crippen LogP contribution in [0.5, 0.6) is 0 Å². The van der Waals surface area contributed by atoms with E-state index < -0.39 is 83.9 Å². The van der Waals surface area contributed by atoms with E-state index in [0.29, 0.717) is 25.1 Å². The number of amides is 3. The molecule has 0 fully saturated rings. The third-order valence-electron chi connectivity index (χ3n) is 8.86. The van der Waals surface area contributed by atoms with E-state index in [1.807, 2.05) is 0 Å². The molecule has 0 heterocycles. The predicted molar refractivity (Wildman–Crippen MR) is 192 cm³/mol. The van der Waals surface area contributed by atoms with Crippen molar-refractivity contribution >= 4 is 53.5 Å². The molecular weight excluding hydrogens is 728 g/mol. The van der Waals surface area contributed by atoms with Gasteiger partial charge in [0.25, 0.3) is 5.91 Å². The SMILES string of the molecule is O=C(O)CCC(CCC(=O)O)(CCC(=O)O)NC(=O)CCCNCc1cccc(C(=O)NCCCC(=O)NC(CCC(=O)O)(CCC(=O)O)CCC(=O)O)c1. The molecule has 0 aliphatic carbocycles. The fraction of sp³-hybridized carbons (Fsp3) is 0.583. The van der Waals surface area contributed by atoms with Gasteiger partial charge in [-0.2, -0.15) is 0 Å². The number of benzene rings is 1. The normalized spacial score (nSPS) is 11.3. The molecule has 306 valence electrons. The number of nitrogens with one attached hydrogen (secondary N) is 4. The Morgan fingerprint density at radius 1 is 0.491 bits per heavy atom. The van der Waals surface area contributed by atoms with E-state index >= 15 is 0 Å². The molecule has 0 aliphatic rings. The van der Waals surface area contributed by atoms with Crippen molar-refractivity contribution in [3.63, 3.8) is 0 Å². The summed E-state index contributed by atoms with van der Waals surface area (Å²) in [6.07, 6.45) is -2.84. The first-order chi connectivity index (χ1) is 25.9. The highest BCUT2D eigenvalue weighted by atomic mass is 16.4. The van der Waals surface area contributed by atoms with Crippen LogP contribution in [0.3, 0.4) is 0 Å². The zero-order valence-electron chi connectivity index (χ0n) is 30.6. The van der Waals surface area contributed by atoms with Gasteiger partial charge in [-0.1, -0.05) is 12.1 Å². The topological polar surface area (TPSA) is 323 Å². The van der Waals surface area contributed by atoms with Gasteiger partial charge >= 0.3 is 35.8 Å². The van der Waals surface area contributed by atoms with Crippen LogP contribution in [0, 0.1) is 0 Å². The summed E-state index contributed by atoms with van der Waals surface area (Å²) >= 11 is 0. The van der Waals surface area contributed by atoms with Crippen molar-refractivity contribution in [2.75, 3.05) is 13.1 Å².